The molecule has 0 aliphatic carbocycles. The lowest BCUT2D eigenvalue weighted by Crippen LogP contribution is -2.40. The topological polar surface area (TPSA) is 140 Å². The van der Waals surface area contributed by atoms with Gasteiger partial charge in [0.2, 0.25) is 0 Å². The zero-order valence-corrected chi connectivity index (χ0v) is 13.4. The molecule has 0 aliphatic heterocycles. The molecule has 6 N–H and O–H groups in total. The molecule has 0 fully saturated rings. The molecule has 1 rings (SSSR count). The summed E-state index contributed by atoms with van der Waals surface area (Å²) in [6, 6.07) is 3.53. The van der Waals surface area contributed by atoms with E-state index in [-0.39, 0.29) is 11.0 Å². The molecule has 1 aromatic rings. The minimum atomic E-state index is -1.08. The zero-order chi connectivity index (χ0) is 16.5. The third kappa shape index (κ3) is 6.65. The summed E-state index contributed by atoms with van der Waals surface area (Å²) in [4.78, 5) is 25.9. The van der Waals surface area contributed by atoms with Gasteiger partial charge in [-0.3, -0.25) is 14.6 Å². The number of aryl methyl sites for hydroxylation is 1. The lowest BCUT2D eigenvalue weighted by molar-refractivity contribution is -0.139. The predicted octanol–water partition coefficient (Wildman–Crippen LogP) is 0.588. The number of hydrogen-bond donors (Lipinski definition) is 4. The van der Waals surface area contributed by atoms with Crippen molar-refractivity contribution in [2.45, 2.75) is 30.2 Å². The molecule has 0 bridgehead atoms. The average molecular weight is 345 g/mol. The second kappa shape index (κ2) is 9.67. The summed E-state index contributed by atoms with van der Waals surface area (Å²) in [5.41, 5.74) is 12.0. The van der Waals surface area contributed by atoms with Gasteiger partial charge in [-0.2, -0.15) is 0 Å². The fourth-order valence-electron chi connectivity index (χ4n) is 1.55. The van der Waals surface area contributed by atoms with E-state index < -0.39 is 24.0 Å². The van der Waals surface area contributed by atoms with Crippen molar-refractivity contribution in [2.24, 2.45) is 11.5 Å². The number of hydrogen-bond acceptors (Lipinski definition) is 7. The van der Waals surface area contributed by atoms with Crippen LogP contribution in [0.4, 0.5) is 0 Å². The molecule has 1 heterocycles. The van der Waals surface area contributed by atoms with Crippen molar-refractivity contribution >= 4 is 33.5 Å². The first kappa shape index (κ1) is 18.8. The quantitative estimate of drug-likeness (QED) is 0.448. The highest BCUT2D eigenvalue weighted by molar-refractivity contribution is 8.77. The summed E-state index contributed by atoms with van der Waals surface area (Å²) in [7, 11) is 2.49. The summed E-state index contributed by atoms with van der Waals surface area (Å²) in [5, 5.41) is 17.4. The van der Waals surface area contributed by atoms with Crippen LogP contribution >= 0.6 is 21.6 Å². The van der Waals surface area contributed by atoms with Crippen molar-refractivity contribution in [3.63, 3.8) is 0 Å². The largest absolute Gasteiger partial charge is 0.480 e. The summed E-state index contributed by atoms with van der Waals surface area (Å²) in [5.74, 6) is -1.98. The molecule has 7 nitrogen and oxygen atoms in total. The molecule has 0 saturated heterocycles. The van der Waals surface area contributed by atoms with Crippen LogP contribution in [-0.2, 0) is 16.0 Å². The van der Waals surface area contributed by atoms with Crippen LogP contribution in [0.1, 0.15) is 12.1 Å². The second-order valence-corrected chi connectivity index (χ2v) is 7.24. The molecular weight excluding hydrogens is 326 g/mol. The number of aliphatic carboxylic acids is 2. The lowest BCUT2D eigenvalue weighted by atomic mass is 10.1. The van der Waals surface area contributed by atoms with Crippen molar-refractivity contribution in [1.29, 1.82) is 0 Å². The smallest absolute Gasteiger partial charge is 0.321 e. The Balaban J connectivity index is 2.53. The molecule has 0 radical (unpaired) electrons. The number of carboxylic acids is 2. The monoisotopic (exact) mass is 345 g/mol. The molecule has 0 amide bonds. The van der Waals surface area contributed by atoms with Crippen LogP contribution in [0.3, 0.4) is 0 Å². The summed E-state index contributed by atoms with van der Waals surface area (Å²) >= 11 is 0. The molecule has 0 aliphatic rings. The third-order valence-corrected chi connectivity index (χ3v) is 5.82. The van der Waals surface area contributed by atoms with E-state index >= 15 is 0 Å². The Morgan fingerprint density at radius 3 is 2.50 bits per heavy atom. The van der Waals surface area contributed by atoms with Gasteiger partial charge in [-0.25, -0.2) is 0 Å². The van der Waals surface area contributed by atoms with Gasteiger partial charge in [0, 0.05) is 22.9 Å². The first-order valence-corrected chi connectivity index (χ1v) is 8.95. The first-order chi connectivity index (χ1) is 10.4. The van der Waals surface area contributed by atoms with Gasteiger partial charge in [-0.05, 0) is 25.0 Å². The first-order valence-electron chi connectivity index (χ1n) is 6.56. The Hall–Kier alpha value is -1.29. The number of nitrogens with two attached hydrogens (primary N) is 2. The highest BCUT2D eigenvalue weighted by atomic mass is 33.1. The molecule has 0 saturated carbocycles. The summed E-state index contributed by atoms with van der Waals surface area (Å²) < 4.78 is 0. The maximum Gasteiger partial charge on any atom is 0.321 e. The van der Waals surface area contributed by atoms with Crippen molar-refractivity contribution in [3.05, 3.63) is 30.1 Å². The van der Waals surface area contributed by atoms with Crippen LogP contribution in [0.5, 0.6) is 0 Å². The minimum Gasteiger partial charge on any atom is -0.480 e. The van der Waals surface area contributed by atoms with Gasteiger partial charge in [-0.1, -0.05) is 27.7 Å². The highest BCUT2D eigenvalue weighted by Crippen LogP contribution is 2.31. The van der Waals surface area contributed by atoms with Crippen LogP contribution < -0.4 is 11.5 Å². The van der Waals surface area contributed by atoms with Crippen LogP contribution in [-0.4, -0.2) is 50.2 Å². The van der Waals surface area contributed by atoms with Gasteiger partial charge in [0.05, 0.1) is 0 Å². The van der Waals surface area contributed by atoms with Crippen LogP contribution in [0, 0.1) is 0 Å². The number of pyridine rings is 1. The second-order valence-electron chi connectivity index (χ2n) is 4.59. The average Bonchev–Trinajstić information content (AvgIpc) is 2.50. The van der Waals surface area contributed by atoms with E-state index in [1.807, 2.05) is 18.2 Å². The van der Waals surface area contributed by atoms with Crippen LogP contribution in [0.25, 0.3) is 0 Å². The molecule has 1 aromatic heterocycles. The Morgan fingerprint density at radius 1 is 1.23 bits per heavy atom. The van der Waals surface area contributed by atoms with E-state index in [1.54, 1.807) is 6.20 Å². The number of carbonyl (C=O) groups is 2. The molecule has 1 unspecified atom stereocenters. The summed E-state index contributed by atoms with van der Waals surface area (Å²) in [6.07, 6.45) is 2.81. The van der Waals surface area contributed by atoms with Gasteiger partial charge < -0.3 is 21.7 Å². The fourth-order valence-corrected chi connectivity index (χ4v) is 4.39. The molecule has 22 heavy (non-hydrogen) atoms. The van der Waals surface area contributed by atoms with Crippen LogP contribution in [0.15, 0.2) is 24.4 Å². The van der Waals surface area contributed by atoms with E-state index in [0.717, 1.165) is 5.69 Å². The molecular formula is C13H19N3O4S2. The van der Waals surface area contributed by atoms with E-state index in [9.17, 15) is 9.59 Å². The number of carboxylic acid groups (broad SMARTS) is 2. The predicted molar refractivity (Wildman–Crippen MR) is 87.6 cm³/mol. The molecule has 122 valence electrons. The minimum absolute atomic E-state index is 0.187. The number of nitrogens with zero attached hydrogens (tertiary/aromatic N) is 1. The Bertz CT molecular complexity index is 489. The Kier molecular flexibility index (Phi) is 8.25. The number of rotatable bonds is 10. The standard InChI is InChI=1S/C13H19N3O4S2/c14-9(12(17)18)7-21-22-10(11(15)13(19)20)5-4-8-3-1-2-6-16-8/h1-3,6,9-11H,4-5,7,14-15H2,(H,17,18)(H,19,20)/t9-,10?,11-/m0/s1. The highest BCUT2D eigenvalue weighted by Gasteiger charge is 2.25. The third-order valence-electron chi connectivity index (χ3n) is 2.85. The number of aromatic nitrogens is 1. The Labute approximate surface area is 136 Å². The normalized spacial score (nSPS) is 15.0. The lowest BCUT2D eigenvalue weighted by Gasteiger charge is -2.20. The maximum atomic E-state index is 11.1. The zero-order valence-electron chi connectivity index (χ0n) is 11.8. The Morgan fingerprint density at radius 2 is 1.95 bits per heavy atom. The molecule has 0 spiro atoms. The molecule has 9 heteroatoms. The maximum absolute atomic E-state index is 11.1. The van der Waals surface area contributed by atoms with Gasteiger partial charge in [0.15, 0.2) is 0 Å². The molecule has 3 atom stereocenters. The fraction of sp³-hybridized carbons (Fsp3) is 0.462. The van der Waals surface area contributed by atoms with Gasteiger partial charge >= 0.3 is 11.9 Å². The van der Waals surface area contributed by atoms with E-state index in [4.69, 9.17) is 21.7 Å². The van der Waals surface area contributed by atoms with Crippen molar-refractivity contribution in [2.75, 3.05) is 5.75 Å². The molecule has 0 aromatic carbocycles. The van der Waals surface area contributed by atoms with Crippen molar-refractivity contribution < 1.29 is 19.8 Å². The van der Waals surface area contributed by atoms with Gasteiger partial charge in [0.25, 0.3) is 0 Å². The van der Waals surface area contributed by atoms with Crippen molar-refractivity contribution in [3.8, 4) is 0 Å². The van der Waals surface area contributed by atoms with Gasteiger partial charge in [-0.15, -0.1) is 0 Å². The van der Waals surface area contributed by atoms with Crippen LogP contribution in [0.2, 0.25) is 0 Å². The van der Waals surface area contributed by atoms with E-state index in [2.05, 4.69) is 4.98 Å². The van der Waals surface area contributed by atoms with E-state index in [0.29, 0.717) is 12.8 Å². The van der Waals surface area contributed by atoms with Crippen molar-refractivity contribution in [1.82, 2.24) is 4.98 Å². The van der Waals surface area contributed by atoms with Gasteiger partial charge in [0.1, 0.15) is 12.1 Å². The van der Waals surface area contributed by atoms with E-state index in [1.165, 1.54) is 21.6 Å². The SMILES string of the molecule is N[C@H](C(=O)O)C(CCc1ccccn1)SSC[C@H](N)C(=O)O. The summed E-state index contributed by atoms with van der Waals surface area (Å²) in [6.45, 7) is 0.